The first-order valence-corrected chi connectivity index (χ1v) is 10.7. The van der Waals surface area contributed by atoms with Crippen LogP contribution < -0.4 is 0 Å². The summed E-state index contributed by atoms with van der Waals surface area (Å²) < 4.78 is 10.4. The summed E-state index contributed by atoms with van der Waals surface area (Å²) in [5, 5.41) is 43.7. The molecule has 1 aliphatic rings. The standard InChI is InChI=1S/C18H34O6.C2H6O3/c1-2-3-4-5-6-7-8-9-10-11-16(21)24-15(12-19)18-17(22)14(20)13-23-18;3-1-2-5-4/h14-15,17-20,22H,2-13H2,1H3;3-4H,1-2H2/t14-,15+,17+,18+;/m0./s1. The molecule has 9 heteroatoms. The highest BCUT2D eigenvalue weighted by atomic mass is 17.1. The average Bonchev–Trinajstić information content (AvgIpc) is 3.04. The van der Waals surface area contributed by atoms with Gasteiger partial charge in [0, 0.05) is 6.42 Å². The first kappa shape index (κ1) is 28.2. The Morgan fingerprint density at radius 1 is 1.03 bits per heavy atom. The molecule has 0 aliphatic carbocycles. The van der Waals surface area contributed by atoms with E-state index in [0.29, 0.717) is 6.42 Å². The second kappa shape index (κ2) is 19.2. The van der Waals surface area contributed by atoms with Crippen LogP contribution >= 0.6 is 0 Å². The molecule has 0 aromatic heterocycles. The van der Waals surface area contributed by atoms with E-state index in [9.17, 15) is 20.1 Å². The summed E-state index contributed by atoms with van der Waals surface area (Å²) in [6.07, 6.45) is 6.91. The fourth-order valence-electron chi connectivity index (χ4n) is 3.01. The minimum Gasteiger partial charge on any atom is -0.457 e. The minimum atomic E-state index is -1.14. The molecular weight excluding hydrogens is 384 g/mol. The Labute approximate surface area is 173 Å². The molecule has 0 radical (unpaired) electrons. The number of aliphatic hydroxyl groups is 4. The van der Waals surface area contributed by atoms with Gasteiger partial charge in [0.25, 0.3) is 0 Å². The highest BCUT2D eigenvalue weighted by Gasteiger charge is 2.41. The van der Waals surface area contributed by atoms with E-state index in [2.05, 4.69) is 11.8 Å². The first-order chi connectivity index (χ1) is 14.0. The molecule has 0 saturated carbocycles. The zero-order chi connectivity index (χ0) is 21.9. The van der Waals surface area contributed by atoms with Crippen molar-refractivity contribution in [1.82, 2.24) is 0 Å². The Balaban J connectivity index is 0.00000139. The maximum Gasteiger partial charge on any atom is 0.306 e. The molecule has 174 valence electrons. The molecule has 0 aromatic rings. The number of hydrogen-bond acceptors (Lipinski definition) is 9. The van der Waals surface area contributed by atoms with E-state index < -0.39 is 37.0 Å². The number of aliphatic hydroxyl groups excluding tert-OH is 4. The van der Waals surface area contributed by atoms with Crippen LogP contribution in [0.25, 0.3) is 0 Å². The number of unbranched alkanes of at least 4 members (excludes halogenated alkanes) is 8. The molecule has 1 fully saturated rings. The summed E-state index contributed by atoms with van der Waals surface area (Å²) in [7, 11) is 0. The number of hydrogen-bond donors (Lipinski definition) is 5. The Kier molecular flexibility index (Phi) is 18.6. The molecule has 1 heterocycles. The second-order valence-electron chi connectivity index (χ2n) is 7.20. The van der Waals surface area contributed by atoms with E-state index in [1.165, 1.54) is 38.5 Å². The van der Waals surface area contributed by atoms with Crippen LogP contribution in [0.1, 0.15) is 71.1 Å². The number of esters is 1. The molecule has 29 heavy (non-hydrogen) atoms. The van der Waals surface area contributed by atoms with Gasteiger partial charge in [-0.3, -0.25) is 10.1 Å². The van der Waals surface area contributed by atoms with E-state index in [1.807, 2.05) is 0 Å². The molecule has 5 N–H and O–H groups in total. The Bertz CT molecular complexity index is 379. The lowest BCUT2D eigenvalue weighted by molar-refractivity contribution is -0.246. The summed E-state index contributed by atoms with van der Waals surface area (Å²) in [5.41, 5.74) is 0. The van der Waals surface area contributed by atoms with Crippen LogP contribution in [0.4, 0.5) is 0 Å². The molecule has 1 saturated heterocycles. The van der Waals surface area contributed by atoms with Gasteiger partial charge in [-0.2, -0.15) is 0 Å². The van der Waals surface area contributed by atoms with E-state index in [1.54, 1.807) is 0 Å². The van der Waals surface area contributed by atoms with Crippen molar-refractivity contribution in [3.63, 3.8) is 0 Å². The molecule has 9 nitrogen and oxygen atoms in total. The number of carbonyl (C=O) groups excluding carboxylic acids is 1. The van der Waals surface area contributed by atoms with Crippen molar-refractivity contribution in [2.24, 2.45) is 0 Å². The summed E-state index contributed by atoms with van der Waals surface area (Å²) in [6.45, 7) is 1.63. The molecule has 0 unspecified atom stereocenters. The number of rotatable bonds is 15. The van der Waals surface area contributed by atoms with Gasteiger partial charge in [-0.15, -0.1) is 0 Å². The molecule has 1 aliphatic heterocycles. The summed E-state index contributed by atoms with van der Waals surface area (Å²) in [4.78, 5) is 15.3. The predicted octanol–water partition coefficient (Wildman–Crippen LogP) is 1.40. The SMILES string of the molecule is CCCCCCCCCCCC(=O)O[C@H](CO)[C@H]1OC[C@H](O)[C@H]1O.OCCOO. The topological polar surface area (TPSA) is 146 Å². The third kappa shape index (κ3) is 13.9. The van der Waals surface area contributed by atoms with Crippen LogP contribution in [-0.4, -0.2) is 82.5 Å². The van der Waals surface area contributed by atoms with E-state index in [4.69, 9.17) is 19.8 Å². The van der Waals surface area contributed by atoms with Crippen LogP contribution in [0.5, 0.6) is 0 Å². The summed E-state index contributed by atoms with van der Waals surface area (Å²) >= 11 is 0. The fraction of sp³-hybridized carbons (Fsp3) is 0.950. The predicted molar refractivity (Wildman–Crippen MR) is 106 cm³/mol. The molecule has 4 atom stereocenters. The monoisotopic (exact) mass is 424 g/mol. The van der Waals surface area contributed by atoms with Crippen LogP contribution in [0.15, 0.2) is 0 Å². The summed E-state index contributed by atoms with van der Waals surface area (Å²) in [6, 6.07) is 0. The Hall–Kier alpha value is -0.810. The molecule has 1 rings (SSSR count). The number of carbonyl (C=O) groups is 1. The van der Waals surface area contributed by atoms with E-state index in [0.717, 1.165) is 19.3 Å². The van der Waals surface area contributed by atoms with Gasteiger partial charge < -0.3 is 29.9 Å². The summed E-state index contributed by atoms with van der Waals surface area (Å²) in [5.74, 6) is -0.394. The van der Waals surface area contributed by atoms with Gasteiger partial charge in [-0.25, -0.2) is 4.89 Å². The lowest BCUT2D eigenvalue weighted by Crippen LogP contribution is -2.43. The van der Waals surface area contributed by atoms with Crippen molar-refractivity contribution in [3.8, 4) is 0 Å². The molecular formula is C20H40O9. The van der Waals surface area contributed by atoms with Gasteiger partial charge in [-0.1, -0.05) is 58.3 Å². The van der Waals surface area contributed by atoms with Gasteiger partial charge in [0.1, 0.15) is 24.9 Å². The van der Waals surface area contributed by atoms with Crippen molar-refractivity contribution < 1.29 is 44.8 Å². The largest absolute Gasteiger partial charge is 0.457 e. The van der Waals surface area contributed by atoms with E-state index in [-0.39, 0.29) is 19.8 Å². The molecule has 0 spiro atoms. The van der Waals surface area contributed by atoms with Crippen LogP contribution in [0.2, 0.25) is 0 Å². The third-order valence-electron chi connectivity index (χ3n) is 4.69. The first-order valence-electron chi connectivity index (χ1n) is 10.7. The normalized spacial score (nSPS) is 22.1. The fourth-order valence-corrected chi connectivity index (χ4v) is 3.01. The lowest BCUT2D eigenvalue weighted by atomic mass is 10.1. The third-order valence-corrected chi connectivity index (χ3v) is 4.69. The van der Waals surface area contributed by atoms with E-state index >= 15 is 0 Å². The highest BCUT2D eigenvalue weighted by molar-refractivity contribution is 5.69. The average molecular weight is 425 g/mol. The van der Waals surface area contributed by atoms with Crippen molar-refractivity contribution in [2.75, 3.05) is 26.4 Å². The van der Waals surface area contributed by atoms with Crippen LogP contribution in [0, 0.1) is 0 Å². The van der Waals surface area contributed by atoms with Gasteiger partial charge in [0.05, 0.1) is 19.8 Å². The Morgan fingerprint density at radius 3 is 2.03 bits per heavy atom. The van der Waals surface area contributed by atoms with Crippen molar-refractivity contribution in [3.05, 3.63) is 0 Å². The van der Waals surface area contributed by atoms with Crippen molar-refractivity contribution >= 4 is 5.97 Å². The van der Waals surface area contributed by atoms with Crippen molar-refractivity contribution in [2.45, 2.75) is 95.5 Å². The van der Waals surface area contributed by atoms with Crippen molar-refractivity contribution in [1.29, 1.82) is 0 Å². The second-order valence-corrected chi connectivity index (χ2v) is 7.20. The van der Waals surface area contributed by atoms with Gasteiger partial charge in [-0.05, 0) is 6.42 Å². The zero-order valence-corrected chi connectivity index (χ0v) is 17.6. The maximum atomic E-state index is 11.8. The van der Waals surface area contributed by atoms with Crippen LogP contribution in [0.3, 0.4) is 0 Å². The van der Waals surface area contributed by atoms with Gasteiger partial charge >= 0.3 is 5.97 Å². The Morgan fingerprint density at radius 2 is 1.62 bits per heavy atom. The van der Waals surface area contributed by atoms with Gasteiger partial charge in [0.2, 0.25) is 0 Å². The smallest absolute Gasteiger partial charge is 0.306 e. The highest BCUT2D eigenvalue weighted by Crippen LogP contribution is 2.20. The molecule has 0 amide bonds. The molecule has 0 bridgehead atoms. The molecule has 0 aromatic carbocycles. The van der Waals surface area contributed by atoms with Crippen LogP contribution in [-0.2, 0) is 19.2 Å². The van der Waals surface area contributed by atoms with Gasteiger partial charge in [0.15, 0.2) is 6.10 Å². The minimum absolute atomic E-state index is 0. The maximum absolute atomic E-state index is 11.8. The lowest BCUT2D eigenvalue weighted by Gasteiger charge is -2.24. The number of ether oxygens (including phenoxy) is 2. The zero-order valence-electron chi connectivity index (χ0n) is 17.6. The quantitative estimate of drug-likeness (QED) is 0.114.